The fraction of sp³-hybridized carbons (Fsp3) is 0.200. The van der Waals surface area contributed by atoms with Crippen LogP contribution in [0.1, 0.15) is 28.0 Å². The molecule has 0 aliphatic carbocycles. The van der Waals surface area contributed by atoms with E-state index in [-0.39, 0.29) is 23.7 Å². The van der Waals surface area contributed by atoms with Crippen molar-refractivity contribution in [2.75, 3.05) is 0 Å². The molecule has 136 valence electrons. The number of hydrogen-bond donors (Lipinski definition) is 2. The molecule has 0 aliphatic heterocycles. The highest BCUT2D eigenvalue weighted by molar-refractivity contribution is 5.84. The normalized spacial score (nSPS) is 12.9. The second kappa shape index (κ2) is 6.59. The maximum absolute atomic E-state index is 12.5. The molecule has 1 aromatic carbocycles. The maximum atomic E-state index is 12.5. The topological polar surface area (TPSA) is 114 Å². The van der Waals surface area contributed by atoms with E-state index in [1.807, 2.05) is 0 Å². The van der Waals surface area contributed by atoms with Crippen molar-refractivity contribution in [3.63, 3.8) is 0 Å². The molecule has 8 nitrogen and oxygen atoms in total. The van der Waals surface area contributed by atoms with Crippen molar-refractivity contribution >= 4 is 5.97 Å². The Morgan fingerprint density at radius 3 is 2.54 bits per heavy atom. The Balaban J connectivity index is 1.74. The van der Waals surface area contributed by atoms with E-state index in [2.05, 4.69) is 15.3 Å². The van der Waals surface area contributed by atoms with Gasteiger partial charge < -0.3 is 14.6 Å². The lowest BCUT2D eigenvalue weighted by Gasteiger charge is -2.14. The van der Waals surface area contributed by atoms with Crippen molar-refractivity contribution in [2.45, 2.75) is 18.8 Å². The van der Waals surface area contributed by atoms with E-state index in [0.717, 1.165) is 18.4 Å². The quantitative estimate of drug-likeness (QED) is 0.710. The Morgan fingerprint density at radius 2 is 1.96 bits per heavy atom. The number of aromatic nitrogens is 4. The van der Waals surface area contributed by atoms with E-state index < -0.39 is 18.2 Å². The van der Waals surface area contributed by atoms with Crippen LogP contribution in [0.15, 0.2) is 41.1 Å². The molecule has 3 rings (SSSR count). The van der Waals surface area contributed by atoms with Gasteiger partial charge in [0.1, 0.15) is 18.5 Å². The summed E-state index contributed by atoms with van der Waals surface area (Å²) in [4.78, 5) is 14.5. The maximum Gasteiger partial charge on any atom is 0.418 e. The molecule has 0 radical (unpaired) electrons. The van der Waals surface area contributed by atoms with Crippen LogP contribution in [0.25, 0.3) is 11.3 Å². The van der Waals surface area contributed by atoms with Gasteiger partial charge in [0.15, 0.2) is 11.8 Å². The molecule has 0 saturated heterocycles. The van der Waals surface area contributed by atoms with Crippen LogP contribution in [-0.2, 0) is 6.54 Å². The number of alkyl halides is 3. The lowest BCUT2D eigenvalue weighted by molar-refractivity contribution is -0.206. The van der Waals surface area contributed by atoms with E-state index >= 15 is 0 Å². The van der Waals surface area contributed by atoms with Crippen LogP contribution < -0.4 is 0 Å². The van der Waals surface area contributed by atoms with Crippen LogP contribution in [0.5, 0.6) is 0 Å². The summed E-state index contributed by atoms with van der Waals surface area (Å²) in [5, 5.41) is 25.7. The molecule has 0 aliphatic rings. The fourth-order valence-electron chi connectivity index (χ4n) is 2.15. The van der Waals surface area contributed by atoms with Gasteiger partial charge in [-0.05, 0) is 5.56 Å². The highest BCUT2D eigenvalue weighted by Gasteiger charge is 2.39. The molecule has 1 atom stereocenters. The average molecular weight is 368 g/mol. The molecule has 2 aromatic heterocycles. The molecule has 3 aromatic rings. The minimum Gasteiger partial charge on any atom is -0.476 e. The smallest absolute Gasteiger partial charge is 0.418 e. The van der Waals surface area contributed by atoms with Crippen LogP contribution in [0.2, 0.25) is 0 Å². The first-order valence-corrected chi connectivity index (χ1v) is 7.17. The van der Waals surface area contributed by atoms with Crippen LogP contribution >= 0.6 is 0 Å². The first-order chi connectivity index (χ1) is 12.2. The highest BCUT2D eigenvalue weighted by Crippen LogP contribution is 2.33. The number of nitrogens with zero attached hydrogens (tertiary/aromatic N) is 4. The summed E-state index contributed by atoms with van der Waals surface area (Å²) in [6.45, 7) is 0.0329. The molecule has 0 amide bonds. The Labute approximate surface area is 143 Å². The lowest BCUT2D eigenvalue weighted by atomic mass is 10.1. The summed E-state index contributed by atoms with van der Waals surface area (Å²) in [5.41, 5.74) is 0.352. The summed E-state index contributed by atoms with van der Waals surface area (Å²) in [7, 11) is 0. The molecule has 1 unspecified atom stereocenters. The van der Waals surface area contributed by atoms with Crippen molar-refractivity contribution in [1.82, 2.24) is 20.0 Å². The predicted octanol–water partition coefficient (Wildman–Crippen LogP) is 2.28. The molecule has 0 spiro atoms. The number of carboxylic acids is 1. The number of aromatic carboxylic acids is 1. The van der Waals surface area contributed by atoms with Crippen molar-refractivity contribution < 1.29 is 32.6 Å². The molecule has 2 N–H and O–H groups in total. The molecular weight excluding hydrogens is 357 g/mol. The first-order valence-electron chi connectivity index (χ1n) is 7.17. The number of carboxylic acid groups (broad SMARTS) is 1. The SMILES string of the molecule is O=C(O)c1coc(Cn2cc(-c3ccc(C(O)C(F)(F)F)cc3)nn2)n1. The lowest BCUT2D eigenvalue weighted by Crippen LogP contribution is -2.19. The molecule has 26 heavy (non-hydrogen) atoms. The van der Waals surface area contributed by atoms with E-state index in [9.17, 15) is 23.1 Å². The zero-order valence-electron chi connectivity index (χ0n) is 12.9. The Bertz CT molecular complexity index is 918. The minimum atomic E-state index is -4.74. The van der Waals surface area contributed by atoms with E-state index in [1.54, 1.807) is 0 Å². The third kappa shape index (κ3) is 3.72. The standard InChI is InChI=1S/C15H11F3N4O4/c16-15(17,18)13(23)9-3-1-8(2-4-9)10-5-22(21-20-10)6-12-19-11(7-26-12)14(24)25/h1-5,7,13,23H,6H2,(H,24,25). The Kier molecular flexibility index (Phi) is 4.47. The third-order valence-electron chi connectivity index (χ3n) is 3.44. The van der Waals surface area contributed by atoms with Gasteiger partial charge in [0.05, 0.1) is 6.20 Å². The van der Waals surface area contributed by atoms with Crippen molar-refractivity contribution in [3.05, 3.63) is 53.9 Å². The number of benzene rings is 1. The monoisotopic (exact) mass is 368 g/mol. The molecule has 0 fully saturated rings. The van der Waals surface area contributed by atoms with Gasteiger partial charge in [-0.25, -0.2) is 14.5 Å². The Morgan fingerprint density at radius 1 is 1.27 bits per heavy atom. The molecule has 0 bridgehead atoms. The van der Waals surface area contributed by atoms with E-state index in [4.69, 9.17) is 9.52 Å². The van der Waals surface area contributed by atoms with E-state index in [0.29, 0.717) is 11.3 Å². The van der Waals surface area contributed by atoms with Gasteiger partial charge in [-0.15, -0.1) is 5.10 Å². The molecule has 11 heteroatoms. The zero-order valence-corrected chi connectivity index (χ0v) is 12.9. The summed E-state index contributed by atoms with van der Waals surface area (Å²) in [6, 6.07) is 5.07. The average Bonchev–Trinajstić information content (AvgIpc) is 3.23. The van der Waals surface area contributed by atoms with Gasteiger partial charge >= 0.3 is 12.1 Å². The number of oxazole rings is 1. The van der Waals surface area contributed by atoms with Gasteiger partial charge in [0.2, 0.25) is 5.89 Å². The second-order valence-electron chi connectivity index (χ2n) is 5.30. The summed E-state index contributed by atoms with van der Waals surface area (Å²) in [6.07, 6.45) is -4.80. The molecule has 0 saturated carbocycles. The number of hydrogen-bond acceptors (Lipinski definition) is 6. The van der Waals surface area contributed by atoms with Crippen LogP contribution in [0, 0.1) is 0 Å². The molecule has 2 heterocycles. The fourth-order valence-corrected chi connectivity index (χ4v) is 2.15. The van der Waals surface area contributed by atoms with Gasteiger partial charge in [-0.1, -0.05) is 29.5 Å². The van der Waals surface area contributed by atoms with Crippen molar-refractivity contribution in [2.24, 2.45) is 0 Å². The second-order valence-corrected chi connectivity index (χ2v) is 5.30. The summed E-state index contributed by atoms with van der Waals surface area (Å²) < 4.78 is 43.8. The van der Waals surface area contributed by atoms with Crippen LogP contribution in [0.4, 0.5) is 13.2 Å². The number of aliphatic hydroxyl groups is 1. The van der Waals surface area contributed by atoms with Gasteiger partial charge in [-0.3, -0.25) is 0 Å². The largest absolute Gasteiger partial charge is 0.476 e. The number of carbonyl (C=O) groups is 1. The summed E-state index contributed by atoms with van der Waals surface area (Å²) in [5.74, 6) is -1.11. The van der Waals surface area contributed by atoms with E-state index in [1.165, 1.54) is 23.0 Å². The van der Waals surface area contributed by atoms with Gasteiger partial charge in [-0.2, -0.15) is 13.2 Å². The van der Waals surface area contributed by atoms with Crippen LogP contribution in [0.3, 0.4) is 0 Å². The molecular formula is C15H11F3N4O4. The Hall–Kier alpha value is -3.21. The predicted molar refractivity (Wildman–Crippen MR) is 79.0 cm³/mol. The van der Waals surface area contributed by atoms with Crippen LogP contribution in [-0.4, -0.2) is 42.3 Å². The van der Waals surface area contributed by atoms with Gasteiger partial charge in [0.25, 0.3) is 0 Å². The first kappa shape index (κ1) is 17.6. The zero-order chi connectivity index (χ0) is 18.9. The third-order valence-corrected chi connectivity index (χ3v) is 3.44. The number of rotatable bonds is 5. The number of aliphatic hydroxyl groups excluding tert-OH is 1. The number of halogens is 3. The van der Waals surface area contributed by atoms with Gasteiger partial charge in [0, 0.05) is 5.56 Å². The highest BCUT2D eigenvalue weighted by atomic mass is 19.4. The van der Waals surface area contributed by atoms with Crippen molar-refractivity contribution in [3.8, 4) is 11.3 Å². The van der Waals surface area contributed by atoms with Crippen molar-refractivity contribution in [1.29, 1.82) is 0 Å². The minimum absolute atomic E-state index is 0.0329. The summed E-state index contributed by atoms with van der Waals surface area (Å²) >= 11 is 0.